The van der Waals surface area contributed by atoms with Crippen molar-refractivity contribution in [2.24, 2.45) is 5.92 Å². The molecule has 0 amide bonds. The summed E-state index contributed by atoms with van der Waals surface area (Å²) < 4.78 is 6.60. The van der Waals surface area contributed by atoms with Gasteiger partial charge in [-0.25, -0.2) is 19.9 Å². The number of rotatable bonds is 4. The van der Waals surface area contributed by atoms with Gasteiger partial charge in [0.1, 0.15) is 0 Å². The van der Waals surface area contributed by atoms with Crippen molar-refractivity contribution >= 4 is 33.5 Å². The first-order valence-electron chi connectivity index (χ1n) is 10.6. The van der Waals surface area contributed by atoms with E-state index in [1.54, 1.807) is 23.7 Å². The van der Waals surface area contributed by atoms with Gasteiger partial charge in [-0.05, 0) is 37.2 Å². The first-order chi connectivity index (χ1) is 14.7. The van der Waals surface area contributed by atoms with Gasteiger partial charge in [-0.1, -0.05) is 6.92 Å². The van der Waals surface area contributed by atoms with E-state index in [9.17, 15) is 0 Å². The Morgan fingerprint density at radius 3 is 2.57 bits per heavy atom. The summed E-state index contributed by atoms with van der Waals surface area (Å²) in [6.45, 7) is 8.58. The number of fused-ring (bicyclic) bond motifs is 1. The van der Waals surface area contributed by atoms with Gasteiger partial charge < -0.3 is 15.4 Å². The van der Waals surface area contributed by atoms with Crippen LogP contribution in [0, 0.1) is 5.92 Å². The number of morpholine rings is 1. The molecular formula is C21H27N7OS. The lowest BCUT2D eigenvalue weighted by atomic mass is 9.99. The number of likely N-dealkylation sites (tertiary alicyclic amines) is 1. The van der Waals surface area contributed by atoms with Gasteiger partial charge in [-0.2, -0.15) is 0 Å². The largest absolute Gasteiger partial charge is 0.378 e. The molecule has 2 saturated heterocycles. The molecule has 0 radical (unpaired) electrons. The number of hydrogen-bond donors (Lipinski definition) is 1. The van der Waals surface area contributed by atoms with Gasteiger partial charge in [0.05, 0.1) is 29.1 Å². The molecule has 2 aliphatic rings. The van der Waals surface area contributed by atoms with E-state index in [1.165, 1.54) is 18.4 Å². The Hall–Kier alpha value is -2.36. The molecule has 0 spiro atoms. The van der Waals surface area contributed by atoms with Gasteiger partial charge in [0, 0.05) is 43.2 Å². The fraction of sp³-hybridized carbons (Fsp3) is 0.524. The Balaban J connectivity index is 1.55. The fourth-order valence-electron chi connectivity index (χ4n) is 4.09. The Kier molecular flexibility index (Phi) is 5.49. The Labute approximate surface area is 180 Å². The molecule has 0 aromatic carbocycles. The van der Waals surface area contributed by atoms with Crippen LogP contribution in [0.4, 0.5) is 11.9 Å². The maximum atomic E-state index is 5.70. The monoisotopic (exact) mass is 425 g/mol. The van der Waals surface area contributed by atoms with E-state index in [-0.39, 0.29) is 5.95 Å². The molecule has 0 aliphatic carbocycles. The number of aromatic nitrogens is 4. The van der Waals surface area contributed by atoms with E-state index >= 15 is 0 Å². The van der Waals surface area contributed by atoms with Gasteiger partial charge in [0.25, 0.3) is 0 Å². The highest BCUT2D eigenvalue weighted by Gasteiger charge is 2.22. The first kappa shape index (κ1) is 19.6. The Morgan fingerprint density at radius 1 is 1.10 bits per heavy atom. The molecule has 5 heterocycles. The first-order valence-corrected chi connectivity index (χ1v) is 11.5. The summed E-state index contributed by atoms with van der Waals surface area (Å²) in [5.41, 5.74) is 9.77. The van der Waals surface area contributed by atoms with Gasteiger partial charge in [0.2, 0.25) is 11.9 Å². The highest BCUT2D eigenvalue weighted by molar-refractivity contribution is 7.17. The minimum Gasteiger partial charge on any atom is -0.378 e. The molecule has 2 aliphatic heterocycles. The summed E-state index contributed by atoms with van der Waals surface area (Å²) >= 11 is 1.70. The lowest BCUT2D eigenvalue weighted by Crippen LogP contribution is -2.37. The second-order valence-corrected chi connectivity index (χ2v) is 9.08. The van der Waals surface area contributed by atoms with Crippen LogP contribution in [0.15, 0.2) is 17.8 Å². The van der Waals surface area contributed by atoms with Gasteiger partial charge in [-0.15, -0.1) is 11.3 Å². The normalized spacial score (nSPS) is 18.9. The zero-order valence-electron chi connectivity index (χ0n) is 17.3. The lowest BCUT2D eigenvalue weighted by Gasteiger charge is -2.30. The summed E-state index contributed by atoms with van der Waals surface area (Å²) in [5.74, 6) is 1.85. The molecule has 5 rings (SSSR count). The SMILES string of the molecule is CC1CCN(Cc2csc3c(-c4cnc(N)nc4)nc(N4CCOCC4)nc23)CC1. The highest BCUT2D eigenvalue weighted by Crippen LogP contribution is 2.35. The van der Waals surface area contributed by atoms with Crippen LogP contribution in [0.3, 0.4) is 0 Å². The maximum Gasteiger partial charge on any atom is 0.226 e. The van der Waals surface area contributed by atoms with Crippen molar-refractivity contribution in [2.75, 3.05) is 50.0 Å². The summed E-state index contributed by atoms with van der Waals surface area (Å²) in [5, 5.41) is 2.24. The third-order valence-corrected chi connectivity index (χ3v) is 7.01. The average Bonchev–Trinajstić information content (AvgIpc) is 3.18. The molecule has 0 unspecified atom stereocenters. The predicted octanol–water partition coefficient (Wildman–Crippen LogP) is 2.80. The second kappa shape index (κ2) is 8.41. The number of ether oxygens (including phenoxy) is 1. The molecular weight excluding hydrogens is 398 g/mol. The van der Waals surface area contributed by atoms with Gasteiger partial charge in [-0.3, -0.25) is 4.90 Å². The van der Waals surface area contributed by atoms with Crippen LogP contribution in [0.1, 0.15) is 25.3 Å². The van der Waals surface area contributed by atoms with Crippen LogP contribution >= 0.6 is 11.3 Å². The van der Waals surface area contributed by atoms with E-state index in [0.717, 1.165) is 66.1 Å². The number of piperidine rings is 1. The van der Waals surface area contributed by atoms with Gasteiger partial charge >= 0.3 is 0 Å². The van der Waals surface area contributed by atoms with Crippen molar-refractivity contribution in [3.05, 3.63) is 23.3 Å². The smallest absolute Gasteiger partial charge is 0.226 e. The van der Waals surface area contributed by atoms with Crippen molar-refractivity contribution in [3.63, 3.8) is 0 Å². The summed E-state index contributed by atoms with van der Waals surface area (Å²) in [7, 11) is 0. The van der Waals surface area contributed by atoms with E-state index in [0.29, 0.717) is 13.2 Å². The van der Waals surface area contributed by atoms with Crippen LogP contribution < -0.4 is 10.6 Å². The van der Waals surface area contributed by atoms with Crippen LogP contribution in [0.5, 0.6) is 0 Å². The molecule has 9 heteroatoms. The molecule has 0 saturated carbocycles. The topological polar surface area (TPSA) is 93.3 Å². The highest BCUT2D eigenvalue weighted by atomic mass is 32.1. The Bertz CT molecular complexity index is 1010. The third-order valence-electron chi connectivity index (χ3n) is 5.99. The zero-order valence-corrected chi connectivity index (χ0v) is 18.1. The number of nitrogens with two attached hydrogens (primary N) is 1. The third kappa shape index (κ3) is 3.97. The number of nitrogens with zero attached hydrogens (tertiary/aromatic N) is 6. The van der Waals surface area contributed by atoms with Gasteiger partial charge in [0.15, 0.2) is 0 Å². The van der Waals surface area contributed by atoms with Crippen LogP contribution in [-0.2, 0) is 11.3 Å². The van der Waals surface area contributed by atoms with Crippen molar-refractivity contribution in [3.8, 4) is 11.3 Å². The fourth-order valence-corrected chi connectivity index (χ4v) is 5.10. The molecule has 0 bridgehead atoms. The number of anilines is 2. The minimum atomic E-state index is 0.267. The number of thiophene rings is 1. The summed E-state index contributed by atoms with van der Waals surface area (Å²) in [6.07, 6.45) is 6.03. The van der Waals surface area contributed by atoms with E-state index in [1.807, 2.05) is 0 Å². The van der Waals surface area contributed by atoms with Crippen LogP contribution in [-0.4, -0.2) is 64.2 Å². The van der Waals surface area contributed by atoms with Crippen molar-refractivity contribution < 1.29 is 4.74 Å². The molecule has 158 valence electrons. The van der Waals surface area contributed by atoms with Crippen LogP contribution in [0.25, 0.3) is 21.5 Å². The molecule has 3 aromatic rings. The quantitative estimate of drug-likeness (QED) is 0.682. The lowest BCUT2D eigenvalue weighted by molar-refractivity contribution is 0.122. The van der Waals surface area contributed by atoms with Crippen molar-refractivity contribution in [2.45, 2.75) is 26.3 Å². The van der Waals surface area contributed by atoms with Crippen molar-refractivity contribution in [1.29, 1.82) is 0 Å². The zero-order chi connectivity index (χ0) is 20.5. The van der Waals surface area contributed by atoms with Crippen molar-refractivity contribution in [1.82, 2.24) is 24.8 Å². The maximum absolute atomic E-state index is 5.70. The van der Waals surface area contributed by atoms with E-state index in [4.69, 9.17) is 20.4 Å². The van der Waals surface area contributed by atoms with Crippen LogP contribution in [0.2, 0.25) is 0 Å². The second-order valence-electron chi connectivity index (χ2n) is 8.20. The molecule has 2 N–H and O–H groups in total. The molecule has 30 heavy (non-hydrogen) atoms. The molecule has 8 nitrogen and oxygen atoms in total. The predicted molar refractivity (Wildman–Crippen MR) is 120 cm³/mol. The minimum absolute atomic E-state index is 0.267. The average molecular weight is 426 g/mol. The molecule has 3 aromatic heterocycles. The summed E-state index contributed by atoms with van der Waals surface area (Å²) in [4.78, 5) is 23.1. The van der Waals surface area contributed by atoms with E-state index in [2.05, 4.69) is 32.1 Å². The molecule has 2 fully saturated rings. The summed E-state index contributed by atoms with van der Waals surface area (Å²) in [6, 6.07) is 0. The number of hydrogen-bond acceptors (Lipinski definition) is 9. The molecule has 0 atom stereocenters. The standard InChI is InChI=1S/C21H27N7OS/c1-14-2-4-27(5-3-14)12-16-13-30-19-17(15-10-23-20(22)24-11-15)25-21(26-18(16)19)28-6-8-29-9-7-28/h10-11,13-14H,2-9,12H2,1H3,(H2,22,23,24). The Morgan fingerprint density at radius 2 is 1.83 bits per heavy atom. The number of nitrogen functional groups attached to an aromatic ring is 1. The van der Waals surface area contributed by atoms with E-state index < -0.39 is 0 Å².